The smallest absolute Gasteiger partial charge is 0.225 e. The maximum Gasteiger partial charge on any atom is 0.225 e. The lowest BCUT2D eigenvalue weighted by molar-refractivity contribution is 0.584. The lowest BCUT2D eigenvalue weighted by atomic mass is 10.5. The highest BCUT2D eigenvalue weighted by molar-refractivity contribution is 7.91. The number of hydrogen-bond donors (Lipinski definition) is 1. The van der Waals surface area contributed by atoms with Gasteiger partial charge in [0.05, 0.1) is 11.5 Å². The number of sulfone groups is 1. The molecular weight excluding hydrogens is 236 g/mol. The van der Waals surface area contributed by atoms with E-state index in [0.717, 1.165) is 0 Å². The van der Waals surface area contributed by atoms with Gasteiger partial charge < -0.3 is 4.90 Å². The van der Waals surface area contributed by atoms with Crippen molar-refractivity contribution >= 4 is 28.0 Å². The molecule has 1 aromatic rings. The van der Waals surface area contributed by atoms with E-state index in [2.05, 4.69) is 10.2 Å². The van der Waals surface area contributed by atoms with Crippen molar-refractivity contribution in [1.29, 1.82) is 0 Å². The first-order chi connectivity index (χ1) is 6.99. The van der Waals surface area contributed by atoms with Crippen LogP contribution in [0, 0.1) is 4.77 Å². The first-order valence-corrected chi connectivity index (χ1v) is 6.79. The molecule has 0 unspecified atom stereocenters. The van der Waals surface area contributed by atoms with Gasteiger partial charge in [-0.1, -0.05) is 0 Å². The van der Waals surface area contributed by atoms with Crippen LogP contribution in [0.5, 0.6) is 0 Å². The van der Waals surface area contributed by atoms with Gasteiger partial charge in [-0.05, 0) is 12.2 Å². The molecule has 1 fully saturated rings. The quantitative estimate of drug-likeness (QED) is 0.692. The molecule has 0 bridgehead atoms. The zero-order valence-corrected chi connectivity index (χ0v) is 9.94. The normalized spacial score (nSPS) is 20.5. The lowest BCUT2D eigenvalue weighted by Crippen LogP contribution is -2.41. The number of H-pyrrole nitrogens is 1. The number of aromatic nitrogens is 3. The van der Waals surface area contributed by atoms with E-state index in [1.165, 1.54) is 0 Å². The molecule has 8 heteroatoms. The van der Waals surface area contributed by atoms with Crippen molar-refractivity contribution in [2.45, 2.75) is 0 Å². The predicted molar refractivity (Wildman–Crippen MR) is 59.3 cm³/mol. The molecule has 1 aromatic heterocycles. The summed E-state index contributed by atoms with van der Waals surface area (Å²) in [6, 6.07) is 0. The molecule has 1 N–H and O–H groups in total. The average Bonchev–Trinajstić information content (AvgIpc) is 2.49. The molecule has 0 saturated carbocycles. The van der Waals surface area contributed by atoms with Crippen molar-refractivity contribution in [2.75, 3.05) is 29.5 Å². The van der Waals surface area contributed by atoms with Gasteiger partial charge in [-0.3, -0.25) is 4.57 Å². The SMILES string of the molecule is Cn1c(N2CCS(=O)(=O)CC2)n[nH]c1=S. The molecule has 0 radical (unpaired) electrons. The highest BCUT2D eigenvalue weighted by Gasteiger charge is 2.24. The molecule has 0 aliphatic carbocycles. The van der Waals surface area contributed by atoms with Crippen molar-refractivity contribution in [3.63, 3.8) is 0 Å². The van der Waals surface area contributed by atoms with E-state index in [1.807, 2.05) is 11.9 Å². The van der Waals surface area contributed by atoms with Crippen molar-refractivity contribution in [1.82, 2.24) is 14.8 Å². The zero-order chi connectivity index (χ0) is 11.1. The summed E-state index contributed by atoms with van der Waals surface area (Å²) in [7, 11) is -1.03. The summed E-state index contributed by atoms with van der Waals surface area (Å²) >= 11 is 4.99. The van der Waals surface area contributed by atoms with Crippen LogP contribution in [0.4, 0.5) is 5.95 Å². The number of nitrogens with zero attached hydrogens (tertiary/aromatic N) is 3. The molecule has 2 heterocycles. The standard InChI is InChI=1S/C7H12N4O2S2/c1-10-6(8-9-7(10)14)11-2-4-15(12,13)5-3-11/h2-5H2,1H3,(H,9,14). The van der Waals surface area contributed by atoms with Gasteiger partial charge in [0.25, 0.3) is 0 Å². The van der Waals surface area contributed by atoms with Crippen LogP contribution in [0.3, 0.4) is 0 Å². The Morgan fingerprint density at radius 1 is 1.40 bits per heavy atom. The van der Waals surface area contributed by atoms with Crippen molar-refractivity contribution in [3.05, 3.63) is 4.77 Å². The average molecular weight is 248 g/mol. The summed E-state index contributed by atoms with van der Waals surface area (Å²) in [4.78, 5) is 1.92. The molecule has 84 valence electrons. The number of nitrogens with one attached hydrogen (secondary N) is 1. The molecule has 15 heavy (non-hydrogen) atoms. The number of aromatic amines is 1. The molecule has 1 aliphatic heterocycles. The summed E-state index contributed by atoms with van der Waals surface area (Å²) in [5.74, 6) is 1.08. The van der Waals surface area contributed by atoms with E-state index in [-0.39, 0.29) is 11.5 Å². The lowest BCUT2D eigenvalue weighted by Gasteiger charge is -2.26. The first-order valence-electron chi connectivity index (χ1n) is 4.56. The Morgan fingerprint density at radius 2 is 2.00 bits per heavy atom. The predicted octanol–water partition coefficient (Wildman–Crippen LogP) is -0.288. The molecule has 0 amide bonds. The maximum atomic E-state index is 11.2. The van der Waals surface area contributed by atoms with Crippen LogP contribution < -0.4 is 4.90 Å². The second kappa shape index (κ2) is 3.60. The molecule has 2 rings (SSSR count). The van der Waals surface area contributed by atoms with E-state index in [0.29, 0.717) is 23.8 Å². The second-order valence-corrected chi connectivity index (χ2v) is 6.22. The fraction of sp³-hybridized carbons (Fsp3) is 0.714. The van der Waals surface area contributed by atoms with E-state index in [4.69, 9.17) is 12.2 Å². The van der Waals surface area contributed by atoms with Gasteiger partial charge >= 0.3 is 0 Å². The van der Waals surface area contributed by atoms with Crippen LogP contribution in [0.15, 0.2) is 0 Å². The third kappa shape index (κ3) is 2.05. The van der Waals surface area contributed by atoms with E-state index in [9.17, 15) is 8.42 Å². The fourth-order valence-electron chi connectivity index (χ4n) is 1.53. The third-order valence-corrected chi connectivity index (χ3v) is 4.46. The Morgan fingerprint density at radius 3 is 2.47 bits per heavy atom. The molecule has 6 nitrogen and oxygen atoms in total. The first kappa shape index (κ1) is 10.6. The summed E-state index contributed by atoms with van der Waals surface area (Å²) in [5.41, 5.74) is 0. The molecule has 1 saturated heterocycles. The largest absolute Gasteiger partial charge is 0.339 e. The summed E-state index contributed by atoms with van der Waals surface area (Å²) in [5, 5.41) is 6.74. The maximum absolute atomic E-state index is 11.2. The number of anilines is 1. The Kier molecular flexibility index (Phi) is 2.55. The molecular formula is C7H12N4O2S2. The Hall–Kier alpha value is -0.890. The van der Waals surface area contributed by atoms with Gasteiger partial charge in [-0.15, -0.1) is 5.10 Å². The highest BCUT2D eigenvalue weighted by Crippen LogP contribution is 2.13. The summed E-state index contributed by atoms with van der Waals surface area (Å²) in [6.45, 7) is 0.964. The topological polar surface area (TPSA) is 71.0 Å². The van der Waals surface area contributed by atoms with Gasteiger partial charge in [0.2, 0.25) is 5.95 Å². The fourth-order valence-corrected chi connectivity index (χ4v) is 2.86. The van der Waals surface area contributed by atoms with Gasteiger partial charge in [-0.2, -0.15) is 0 Å². The second-order valence-electron chi connectivity index (χ2n) is 3.53. The van der Waals surface area contributed by atoms with Crippen LogP contribution in [-0.4, -0.2) is 47.8 Å². The van der Waals surface area contributed by atoms with Crippen LogP contribution in [-0.2, 0) is 16.9 Å². The van der Waals surface area contributed by atoms with E-state index >= 15 is 0 Å². The molecule has 0 spiro atoms. The molecule has 1 aliphatic rings. The van der Waals surface area contributed by atoms with Crippen LogP contribution >= 0.6 is 12.2 Å². The van der Waals surface area contributed by atoms with Crippen molar-refractivity contribution in [3.8, 4) is 0 Å². The minimum absolute atomic E-state index is 0.187. The van der Waals surface area contributed by atoms with Gasteiger partial charge in [0, 0.05) is 20.1 Å². The van der Waals surface area contributed by atoms with Crippen LogP contribution in [0.25, 0.3) is 0 Å². The zero-order valence-electron chi connectivity index (χ0n) is 8.30. The van der Waals surface area contributed by atoms with Gasteiger partial charge in [0.1, 0.15) is 0 Å². The van der Waals surface area contributed by atoms with Crippen molar-refractivity contribution < 1.29 is 8.42 Å². The molecule has 0 atom stereocenters. The summed E-state index contributed by atoms with van der Waals surface area (Å²) in [6.07, 6.45) is 0. The van der Waals surface area contributed by atoms with E-state index in [1.54, 1.807) is 4.57 Å². The molecule has 0 aromatic carbocycles. The van der Waals surface area contributed by atoms with Gasteiger partial charge in [-0.25, -0.2) is 13.5 Å². The Labute approximate surface area is 92.8 Å². The van der Waals surface area contributed by atoms with E-state index < -0.39 is 9.84 Å². The number of hydrogen-bond acceptors (Lipinski definition) is 5. The van der Waals surface area contributed by atoms with Crippen LogP contribution in [0.1, 0.15) is 0 Å². The minimum atomic E-state index is -2.84. The van der Waals surface area contributed by atoms with Crippen LogP contribution in [0.2, 0.25) is 0 Å². The summed E-state index contributed by atoms with van der Waals surface area (Å²) < 4.78 is 24.8. The minimum Gasteiger partial charge on any atom is -0.339 e. The number of rotatable bonds is 1. The highest BCUT2D eigenvalue weighted by atomic mass is 32.2. The van der Waals surface area contributed by atoms with Gasteiger partial charge in [0.15, 0.2) is 14.6 Å². The third-order valence-electron chi connectivity index (χ3n) is 2.48. The monoisotopic (exact) mass is 248 g/mol. The van der Waals surface area contributed by atoms with Crippen molar-refractivity contribution in [2.24, 2.45) is 7.05 Å². The Bertz CT molecular complexity index is 501. The Balaban J connectivity index is 2.21.